The van der Waals surface area contributed by atoms with E-state index in [-0.39, 0.29) is 31.2 Å². The number of allylic oxidation sites excluding steroid dienone is 1. The second kappa shape index (κ2) is 16.2. The fourth-order valence-corrected chi connectivity index (χ4v) is 9.27. The summed E-state index contributed by atoms with van der Waals surface area (Å²) < 4.78 is 47.9. The Balaban J connectivity index is 1.23. The van der Waals surface area contributed by atoms with E-state index in [9.17, 15) is 27.6 Å². The number of ether oxygens (including phenoxy) is 3. The molecule has 2 aromatic heterocycles. The van der Waals surface area contributed by atoms with Gasteiger partial charge < -0.3 is 29.7 Å². The molecule has 2 aliphatic heterocycles. The molecule has 2 aliphatic carbocycles. The van der Waals surface area contributed by atoms with E-state index in [4.69, 9.17) is 19.2 Å². The maximum atomic E-state index is 14.8. The van der Waals surface area contributed by atoms with E-state index >= 15 is 0 Å². The number of carbonyl (C=O) groups is 4. The lowest BCUT2D eigenvalue weighted by Crippen LogP contribution is -2.58. The molecule has 58 heavy (non-hydrogen) atoms. The summed E-state index contributed by atoms with van der Waals surface area (Å²) in [5, 5.41) is 10.1. The zero-order chi connectivity index (χ0) is 41.5. The first kappa shape index (κ1) is 41.0. The highest BCUT2D eigenvalue weighted by Crippen LogP contribution is 2.46. The summed E-state index contributed by atoms with van der Waals surface area (Å²) in [5.74, 6) is -1.48. The molecule has 0 spiro atoms. The highest BCUT2D eigenvalue weighted by Gasteiger charge is 2.62. The summed E-state index contributed by atoms with van der Waals surface area (Å²) in [6.07, 6.45) is 7.26. The van der Waals surface area contributed by atoms with Gasteiger partial charge in [-0.05, 0) is 84.4 Å². The summed E-state index contributed by atoms with van der Waals surface area (Å²) in [6.45, 7) is 7.45. The quantitative estimate of drug-likeness (QED) is 0.253. The molecule has 17 heteroatoms. The topological polar surface area (TPSA) is 200 Å². The fraction of sp³-hybridized carbons (Fsp3) is 0.561. The first-order chi connectivity index (χ1) is 27.6. The molecular formula is C41H53N7O9S. The third kappa shape index (κ3) is 8.50. The summed E-state index contributed by atoms with van der Waals surface area (Å²) in [6, 6.07) is 4.85. The number of hydrogen-bond acceptors (Lipinski definition) is 11. The Hall–Kier alpha value is -5.19. The number of amides is 4. The van der Waals surface area contributed by atoms with Crippen molar-refractivity contribution >= 4 is 44.6 Å². The van der Waals surface area contributed by atoms with Crippen molar-refractivity contribution in [3.05, 3.63) is 53.4 Å². The molecule has 5 unspecified atom stereocenters. The van der Waals surface area contributed by atoms with Gasteiger partial charge >= 0.3 is 0 Å². The first-order valence-electron chi connectivity index (χ1n) is 20.1. The average molecular weight is 820 g/mol. The van der Waals surface area contributed by atoms with Gasteiger partial charge in [0.25, 0.3) is 11.8 Å². The maximum Gasteiger partial charge on any atom is 0.272 e. The van der Waals surface area contributed by atoms with Crippen molar-refractivity contribution in [1.29, 1.82) is 0 Å². The van der Waals surface area contributed by atoms with Crippen LogP contribution in [0, 0.1) is 19.8 Å². The third-order valence-electron chi connectivity index (χ3n) is 11.5. The van der Waals surface area contributed by atoms with Crippen molar-refractivity contribution in [2.75, 3.05) is 13.7 Å². The number of nitrogens with one attached hydrogen (secondary N) is 3. The SMILES string of the molecule is COc1ccc2c(OC3CC4C(=O)NC5(C(=O)NS(=O)(=O)C6CC6)CC5C=CCCCCCC(NC(=O)c5cc(C)n(C)n5)C(=O)N4C3)cc(OC(C)C)nc2c1C. The van der Waals surface area contributed by atoms with Crippen molar-refractivity contribution in [3.63, 3.8) is 0 Å². The Morgan fingerprint density at radius 1 is 1.05 bits per heavy atom. The Morgan fingerprint density at radius 2 is 1.83 bits per heavy atom. The normalized spacial score (nSPS) is 25.3. The van der Waals surface area contributed by atoms with E-state index in [1.54, 1.807) is 31.0 Å². The highest BCUT2D eigenvalue weighted by molar-refractivity contribution is 7.91. The average Bonchev–Trinajstić information content (AvgIpc) is 4.07. The molecule has 1 saturated heterocycles. The number of aryl methyl sites for hydroxylation is 3. The zero-order valence-corrected chi connectivity index (χ0v) is 34.7. The number of aromatic nitrogens is 3. The fourth-order valence-electron chi connectivity index (χ4n) is 7.91. The lowest BCUT2D eigenvalue weighted by Gasteiger charge is -2.29. The Kier molecular flexibility index (Phi) is 11.5. The standard InChI is InChI=1S/C41H53N7O9S/c1-23(2)56-35-20-34(29-16-17-33(55-6)25(4)36(29)43-35)57-27-19-32-38(50)44-41(40(52)46-58(53,54)28-14-15-28)21-26(41)12-10-8-7-9-11-13-30(39(51)48(32)22-27)42-37(49)31-18-24(3)47(5)45-31/h10,12,16-18,20,23,26-28,30,32H,7-9,11,13-15,19,21-22H2,1-6H3,(H,42,49)(H,44,50)(H,46,52). The molecule has 16 nitrogen and oxygen atoms in total. The monoisotopic (exact) mass is 819 g/mol. The van der Waals surface area contributed by atoms with Gasteiger partial charge in [0.15, 0.2) is 0 Å². The molecule has 3 aromatic rings. The molecule has 0 radical (unpaired) electrons. The van der Waals surface area contributed by atoms with Crippen molar-refractivity contribution in [3.8, 4) is 17.4 Å². The Labute approximate surface area is 338 Å². The molecule has 2 saturated carbocycles. The van der Waals surface area contributed by atoms with Gasteiger partial charge in [0.05, 0.1) is 30.5 Å². The van der Waals surface area contributed by atoms with Gasteiger partial charge in [-0.3, -0.25) is 28.6 Å². The van der Waals surface area contributed by atoms with Gasteiger partial charge in [-0.25, -0.2) is 13.4 Å². The van der Waals surface area contributed by atoms with Crippen LogP contribution in [0.25, 0.3) is 10.9 Å². The number of benzene rings is 1. The van der Waals surface area contributed by atoms with Crippen LogP contribution in [0.3, 0.4) is 0 Å². The molecule has 5 atom stereocenters. The van der Waals surface area contributed by atoms with Crippen LogP contribution in [-0.4, -0.2) is 100 Å². The maximum absolute atomic E-state index is 14.8. The second-order valence-corrected chi connectivity index (χ2v) is 18.2. The molecule has 4 heterocycles. The minimum atomic E-state index is -3.91. The van der Waals surface area contributed by atoms with Crippen molar-refractivity contribution < 1.29 is 41.8 Å². The largest absolute Gasteiger partial charge is 0.496 e. The van der Waals surface area contributed by atoms with Crippen LogP contribution >= 0.6 is 0 Å². The number of methoxy groups -OCH3 is 1. The van der Waals surface area contributed by atoms with Gasteiger partial charge in [0.2, 0.25) is 27.7 Å². The van der Waals surface area contributed by atoms with Gasteiger partial charge in [0.1, 0.15) is 40.9 Å². The molecule has 4 aliphatic rings. The number of pyridine rings is 1. The van der Waals surface area contributed by atoms with Gasteiger partial charge in [-0.15, -0.1) is 0 Å². The summed E-state index contributed by atoms with van der Waals surface area (Å²) in [5.41, 5.74) is 0.784. The molecule has 7 rings (SSSR count). The van der Waals surface area contributed by atoms with Crippen LogP contribution < -0.4 is 29.6 Å². The second-order valence-electron chi connectivity index (χ2n) is 16.2. The molecule has 3 N–H and O–H groups in total. The lowest BCUT2D eigenvalue weighted by atomic mass is 10.0. The van der Waals surface area contributed by atoms with Crippen LogP contribution in [-0.2, 0) is 31.5 Å². The van der Waals surface area contributed by atoms with Crippen LogP contribution in [0.15, 0.2) is 36.4 Å². The number of fused-ring (bicyclic) bond motifs is 3. The predicted octanol–water partition coefficient (Wildman–Crippen LogP) is 3.53. The van der Waals surface area contributed by atoms with Gasteiger partial charge in [0, 0.05) is 42.1 Å². The molecule has 0 bridgehead atoms. The van der Waals surface area contributed by atoms with Crippen LogP contribution in [0.2, 0.25) is 0 Å². The first-order valence-corrected chi connectivity index (χ1v) is 21.6. The molecule has 3 fully saturated rings. The minimum absolute atomic E-state index is 0.0239. The van der Waals surface area contributed by atoms with E-state index in [1.165, 1.54) is 4.90 Å². The number of carbonyl (C=O) groups excluding carboxylic acids is 4. The predicted molar refractivity (Wildman–Crippen MR) is 214 cm³/mol. The van der Waals surface area contributed by atoms with E-state index in [2.05, 4.69) is 20.5 Å². The van der Waals surface area contributed by atoms with Gasteiger partial charge in [-0.2, -0.15) is 5.10 Å². The summed E-state index contributed by atoms with van der Waals surface area (Å²) in [7, 11) is -0.606. The van der Waals surface area contributed by atoms with Crippen LogP contribution in [0.1, 0.15) is 93.4 Å². The summed E-state index contributed by atoms with van der Waals surface area (Å²) >= 11 is 0. The van der Waals surface area contributed by atoms with E-state index in [1.807, 2.05) is 52.0 Å². The smallest absolute Gasteiger partial charge is 0.272 e. The molecule has 1 aromatic carbocycles. The zero-order valence-electron chi connectivity index (χ0n) is 33.9. The number of rotatable bonds is 10. The minimum Gasteiger partial charge on any atom is -0.496 e. The number of sulfonamides is 1. The van der Waals surface area contributed by atoms with Crippen molar-refractivity contribution in [2.45, 2.75) is 121 Å². The van der Waals surface area contributed by atoms with Crippen molar-refractivity contribution in [2.24, 2.45) is 13.0 Å². The van der Waals surface area contributed by atoms with Crippen molar-refractivity contribution in [1.82, 2.24) is 35.0 Å². The third-order valence-corrected chi connectivity index (χ3v) is 13.3. The Bertz CT molecular complexity index is 2230. The molecular weight excluding hydrogens is 767 g/mol. The van der Waals surface area contributed by atoms with Crippen LogP contribution in [0.5, 0.6) is 17.4 Å². The summed E-state index contributed by atoms with van der Waals surface area (Å²) in [4.78, 5) is 62.9. The number of nitrogens with zero attached hydrogens (tertiary/aromatic N) is 4. The van der Waals surface area contributed by atoms with Crippen LogP contribution in [0.4, 0.5) is 0 Å². The van der Waals surface area contributed by atoms with Gasteiger partial charge in [-0.1, -0.05) is 25.0 Å². The lowest BCUT2D eigenvalue weighted by molar-refractivity contribution is -0.141. The highest BCUT2D eigenvalue weighted by atomic mass is 32.2. The molecule has 312 valence electrons. The van der Waals surface area contributed by atoms with E-state index in [0.717, 1.165) is 24.1 Å². The van der Waals surface area contributed by atoms with E-state index in [0.29, 0.717) is 60.4 Å². The number of hydrogen-bond donors (Lipinski definition) is 3. The van der Waals surface area contributed by atoms with E-state index < -0.39 is 68.5 Å². The molecule has 4 amide bonds. The Morgan fingerprint density at radius 3 is 2.52 bits per heavy atom.